The highest BCUT2D eigenvalue weighted by Crippen LogP contribution is 2.34. The van der Waals surface area contributed by atoms with Gasteiger partial charge in [-0.15, -0.1) is 0 Å². The molecule has 1 unspecified atom stereocenters. The number of ether oxygens (including phenoxy) is 1. The molecule has 1 spiro atoms. The fourth-order valence-corrected chi connectivity index (χ4v) is 2.33. The Bertz CT molecular complexity index is 140. The van der Waals surface area contributed by atoms with Crippen LogP contribution in [0.1, 0.15) is 32.6 Å². The molecule has 1 heterocycles. The lowest BCUT2D eigenvalue weighted by Crippen LogP contribution is -2.51. The van der Waals surface area contributed by atoms with E-state index < -0.39 is 0 Å². The molecule has 1 atom stereocenters. The van der Waals surface area contributed by atoms with E-state index in [0.29, 0.717) is 6.10 Å². The Morgan fingerprint density at radius 1 is 1.36 bits per heavy atom. The first-order valence-corrected chi connectivity index (χ1v) is 4.69. The molecule has 0 aromatic rings. The molecule has 1 N–H and O–H groups in total. The van der Waals surface area contributed by atoms with Crippen LogP contribution in [-0.2, 0) is 4.74 Å². The van der Waals surface area contributed by atoms with Gasteiger partial charge in [0, 0.05) is 13.1 Å². The number of nitrogens with one attached hydrogen (secondary N) is 1. The average molecular weight is 155 g/mol. The lowest BCUT2D eigenvalue weighted by Gasteiger charge is -2.37. The van der Waals surface area contributed by atoms with Crippen molar-refractivity contribution in [1.29, 1.82) is 0 Å². The van der Waals surface area contributed by atoms with E-state index >= 15 is 0 Å². The Labute approximate surface area is 68.3 Å². The molecule has 2 rings (SSSR count). The highest BCUT2D eigenvalue weighted by Gasteiger charge is 2.38. The summed E-state index contributed by atoms with van der Waals surface area (Å²) >= 11 is 0. The summed E-state index contributed by atoms with van der Waals surface area (Å²) in [6.45, 7) is 4.27. The second kappa shape index (κ2) is 2.76. The van der Waals surface area contributed by atoms with Gasteiger partial charge in [0.1, 0.15) is 0 Å². The SMILES string of the molecule is CC1CNCC2(CCCC2)O1. The molecular weight excluding hydrogens is 138 g/mol. The zero-order valence-electron chi connectivity index (χ0n) is 7.23. The van der Waals surface area contributed by atoms with E-state index in [1.807, 2.05) is 0 Å². The Balaban J connectivity index is 2.00. The third-order valence-electron chi connectivity index (χ3n) is 2.84. The van der Waals surface area contributed by atoms with Gasteiger partial charge in [0.05, 0.1) is 11.7 Å². The molecule has 1 aliphatic heterocycles. The summed E-state index contributed by atoms with van der Waals surface area (Å²) in [5, 5.41) is 3.44. The predicted molar refractivity (Wildman–Crippen MR) is 44.6 cm³/mol. The van der Waals surface area contributed by atoms with Crippen molar-refractivity contribution in [3.8, 4) is 0 Å². The molecule has 1 saturated heterocycles. The Morgan fingerprint density at radius 3 is 2.73 bits per heavy atom. The molecule has 0 amide bonds. The van der Waals surface area contributed by atoms with E-state index in [2.05, 4.69) is 12.2 Å². The van der Waals surface area contributed by atoms with Crippen molar-refractivity contribution in [3.63, 3.8) is 0 Å². The quantitative estimate of drug-likeness (QED) is 0.569. The third kappa shape index (κ3) is 1.42. The van der Waals surface area contributed by atoms with Gasteiger partial charge >= 0.3 is 0 Å². The molecule has 0 radical (unpaired) electrons. The van der Waals surface area contributed by atoms with Crippen molar-refractivity contribution in [3.05, 3.63) is 0 Å². The zero-order chi connectivity index (χ0) is 7.73. The molecule has 0 aromatic carbocycles. The second-order valence-electron chi connectivity index (χ2n) is 3.95. The van der Waals surface area contributed by atoms with Crippen molar-refractivity contribution in [2.24, 2.45) is 0 Å². The van der Waals surface area contributed by atoms with E-state index in [0.717, 1.165) is 13.1 Å². The fourth-order valence-electron chi connectivity index (χ4n) is 2.33. The van der Waals surface area contributed by atoms with Gasteiger partial charge in [0.2, 0.25) is 0 Å². The molecule has 64 valence electrons. The lowest BCUT2D eigenvalue weighted by molar-refractivity contribution is -0.104. The largest absolute Gasteiger partial charge is 0.369 e. The van der Waals surface area contributed by atoms with Crippen LogP contribution in [-0.4, -0.2) is 24.8 Å². The van der Waals surface area contributed by atoms with Crippen molar-refractivity contribution in [2.45, 2.75) is 44.3 Å². The molecule has 1 saturated carbocycles. The van der Waals surface area contributed by atoms with Crippen LogP contribution in [0, 0.1) is 0 Å². The van der Waals surface area contributed by atoms with Crippen molar-refractivity contribution in [1.82, 2.24) is 5.32 Å². The van der Waals surface area contributed by atoms with Crippen LogP contribution < -0.4 is 5.32 Å². The highest BCUT2D eigenvalue weighted by atomic mass is 16.5. The third-order valence-corrected chi connectivity index (χ3v) is 2.84. The van der Waals surface area contributed by atoms with Gasteiger partial charge < -0.3 is 10.1 Å². The van der Waals surface area contributed by atoms with Crippen molar-refractivity contribution >= 4 is 0 Å². The van der Waals surface area contributed by atoms with Crippen LogP contribution in [0.4, 0.5) is 0 Å². The Hall–Kier alpha value is -0.0800. The summed E-state index contributed by atoms with van der Waals surface area (Å²) in [6.07, 6.45) is 5.67. The van der Waals surface area contributed by atoms with Crippen LogP contribution in [0.15, 0.2) is 0 Å². The Kier molecular flexibility index (Phi) is 1.90. The Morgan fingerprint density at radius 2 is 2.09 bits per heavy atom. The highest BCUT2D eigenvalue weighted by molar-refractivity contribution is 4.92. The van der Waals surface area contributed by atoms with Gasteiger partial charge in [0.25, 0.3) is 0 Å². The fraction of sp³-hybridized carbons (Fsp3) is 1.00. The summed E-state index contributed by atoms with van der Waals surface area (Å²) in [5.41, 5.74) is 0.234. The number of hydrogen-bond acceptors (Lipinski definition) is 2. The first kappa shape index (κ1) is 7.56. The van der Waals surface area contributed by atoms with Crippen molar-refractivity contribution < 1.29 is 4.74 Å². The summed E-state index contributed by atoms with van der Waals surface area (Å²) in [5.74, 6) is 0. The average Bonchev–Trinajstić information content (AvgIpc) is 2.37. The van der Waals surface area contributed by atoms with E-state index in [1.165, 1.54) is 25.7 Å². The molecule has 0 aromatic heterocycles. The minimum atomic E-state index is 0.234. The molecule has 0 bridgehead atoms. The minimum Gasteiger partial charge on any atom is -0.369 e. The lowest BCUT2D eigenvalue weighted by atomic mass is 10.00. The van der Waals surface area contributed by atoms with Gasteiger partial charge in [-0.3, -0.25) is 0 Å². The van der Waals surface area contributed by atoms with Gasteiger partial charge in [-0.1, -0.05) is 12.8 Å². The summed E-state index contributed by atoms with van der Waals surface area (Å²) in [7, 11) is 0. The van der Waals surface area contributed by atoms with Gasteiger partial charge in [-0.2, -0.15) is 0 Å². The second-order valence-corrected chi connectivity index (χ2v) is 3.95. The molecule has 2 fully saturated rings. The molecule has 2 heteroatoms. The maximum atomic E-state index is 5.97. The molecule has 2 aliphatic rings. The van der Waals surface area contributed by atoms with Crippen LogP contribution >= 0.6 is 0 Å². The van der Waals surface area contributed by atoms with Gasteiger partial charge in [-0.25, -0.2) is 0 Å². The summed E-state index contributed by atoms with van der Waals surface area (Å²) in [6, 6.07) is 0. The maximum Gasteiger partial charge on any atom is 0.0810 e. The summed E-state index contributed by atoms with van der Waals surface area (Å²) < 4.78 is 5.97. The first-order chi connectivity index (χ1) is 5.31. The first-order valence-electron chi connectivity index (χ1n) is 4.69. The zero-order valence-corrected chi connectivity index (χ0v) is 7.23. The minimum absolute atomic E-state index is 0.234. The van der Waals surface area contributed by atoms with Gasteiger partial charge in [-0.05, 0) is 19.8 Å². The van der Waals surface area contributed by atoms with Crippen LogP contribution in [0.5, 0.6) is 0 Å². The topological polar surface area (TPSA) is 21.3 Å². The normalized spacial score (nSPS) is 36.3. The monoisotopic (exact) mass is 155 g/mol. The predicted octanol–water partition coefficient (Wildman–Crippen LogP) is 1.31. The van der Waals surface area contributed by atoms with Crippen LogP contribution in [0.2, 0.25) is 0 Å². The van der Waals surface area contributed by atoms with Crippen LogP contribution in [0.3, 0.4) is 0 Å². The standard InChI is InChI=1S/C9H17NO/c1-8-6-10-7-9(11-8)4-2-3-5-9/h8,10H,2-7H2,1H3. The maximum absolute atomic E-state index is 5.97. The molecule has 2 nitrogen and oxygen atoms in total. The smallest absolute Gasteiger partial charge is 0.0810 e. The van der Waals surface area contributed by atoms with Crippen molar-refractivity contribution in [2.75, 3.05) is 13.1 Å². The van der Waals surface area contributed by atoms with E-state index in [-0.39, 0.29) is 5.60 Å². The number of rotatable bonds is 0. The number of hydrogen-bond donors (Lipinski definition) is 1. The molecule has 11 heavy (non-hydrogen) atoms. The number of morpholine rings is 1. The molecule has 1 aliphatic carbocycles. The molecular formula is C9H17NO. The van der Waals surface area contributed by atoms with Crippen LogP contribution in [0.25, 0.3) is 0 Å². The van der Waals surface area contributed by atoms with Gasteiger partial charge in [0.15, 0.2) is 0 Å². The van der Waals surface area contributed by atoms with E-state index in [4.69, 9.17) is 4.74 Å². The van der Waals surface area contributed by atoms with E-state index in [9.17, 15) is 0 Å². The van der Waals surface area contributed by atoms with E-state index in [1.54, 1.807) is 0 Å². The summed E-state index contributed by atoms with van der Waals surface area (Å²) in [4.78, 5) is 0.